The van der Waals surface area contributed by atoms with Crippen molar-refractivity contribution in [2.24, 2.45) is 0 Å². The SMILES string of the molecule is COc1cc(CN2CC=CCC2)ccc1OCC(O)CN1CCCOCC1. The van der Waals surface area contributed by atoms with Gasteiger partial charge in [0.15, 0.2) is 11.5 Å². The van der Waals surface area contributed by atoms with E-state index < -0.39 is 6.10 Å². The van der Waals surface area contributed by atoms with Gasteiger partial charge in [-0.25, -0.2) is 0 Å². The Morgan fingerprint density at radius 3 is 2.85 bits per heavy atom. The summed E-state index contributed by atoms with van der Waals surface area (Å²) in [5.41, 5.74) is 1.21. The molecule has 3 rings (SSSR count). The summed E-state index contributed by atoms with van der Waals surface area (Å²) in [5.74, 6) is 1.40. The zero-order valence-electron chi connectivity index (χ0n) is 16.3. The molecule has 2 aliphatic heterocycles. The predicted molar refractivity (Wildman–Crippen MR) is 105 cm³/mol. The molecule has 1 aromatic rings. The third kappa shape index (κ3) is 6.50. The van der Waals surface area contributed by atoms with Crippen molar-refractivity contribution in [3.05, 3.63) is 35.9 Å². The molecule has 0 radical (unpaired) electrons. The van der Waals surface area contributed by atoms with Crippen LogP contribution < -0.4 is 9.47 Å². The molecule has 1 atom stereocenters. The first-order valence-corrected chi connectivity index (χ1v) is 9.90. The molecular weight excluding hydrogens is 344 g/mol. The zero-order valence-corrected chi connectivity index (χ0v) is 16.3. The van der Waals surface area contributed by atoms with E-state index in [2.05, 4.69) is 28.0 Å². The molecule has 150 valence electrons. The van der Waals surface area contributed by atoms with Crippen LogP contribution in [0.15, 0.2) is 30.4 Å². The lowest BCUT2D eigenvalue weighted by atomic mass is 10.1. The summed E-state index contributed by atoms with van der Waals surface area (Å²) in [6.45, 7) is 7.20. The van der Waals surface area contributed by atoms with Gasteiger partial charge < -0.3 is 19.3 Å². The molecule has 1 aromatic carbocycles. The number of aliphatic hydroxyl groups is 1. The number of β-amino-alcohol motifs (C(OH)–C–C–N with tert-alkyl or cyclic N) is 1. The number of hydrogen-bond donors (Lipinski definition) is 1. The molecule has 1 fully saturated rings. The Hall–Kier alpha value is -1.60. The van der Waals surface area contributed by atoms with Gasteiger partial charge >= 0.3 is 0 Å². The quantitative estimate of drug-likeness (QED) is 0.700. The summed E-state index contributed by atoms with van der Waals surface area (Å²) < 4.78 is 16.8. The van der Waals surface area contributed by atoms with Crippen LogP contribution in [-0.4, -0.2) is 80.7 Å². The maximum Gasteiger partial charge on any atom is 0.161 e. The molecule has 0 aromatic heterocycles. The fourth-order valence-corrected chi connectivity index (χ4v) is 3.54. The third-order valence-corrected chi connectivity index (χ3v) is 4.99. The van der Waals surface area contributed by atoms with Crippen LogP contribution in [0.2, 0.25) is 0 Å². The smallest absolute Gasteiger partial charge is 0.161 e. The summed E-state index contributed by atoms with van der Waals surface area (Å²) in [4.78, 5) is 4.64. The van der Waals surface area contributed by atoms with Gasteiger partial charge in [-0.3, -0.25) is 9.80 Å². The van der Waals surface area contributed by atoms with E-state index in [0.717, 1.165) is 64.5 Å². The van der Waals surface area contributed by atoms with Gasteiger partial charge in [0.2, 0.25) is 0 Å². The van der Waals surface area contributed by atoms with Crippen molar-refractivity contribution in [3.63, 3.8) is 0 Å². The predicted octanol–water partition coefficient (Wildman–Crippen LogP) is 1.92. The summed E-state index contributed by atoms with van der Waals surface area (Å²) in [5, 5.41) is 10.3. The van der Waals surface area contributed by atoms with Crippen molar-refractivity contribution in [2.75, 3.05) is 59.7 Å². The molecule has 0 bridgehead atoms. The van der Waals surface area contributed by atoms with Crippen molar-refractivity contribution in [1.82, 2.24) is 9.80 Å². The number of rotatable bonds is 8. The van der Waals surface area contributed by atoms with Gasteiger partial charge in [0.25, 0.3) is 0 Å². The van der Waals surface area contributed by atoms with Gasteiger partial charge in [-0.2, -0.15) is 0 Å². The molecule has 6 nitrogen and oxygen atoms in total. The van der Waals surface area contributed by atoms with Crippen LogP contribution >= 0.6 is 0 Å². The molecule has 1 unspecified atom stereocenters. The topological polar surface area (TPSA) is 54.4 Å². The molecule has 2 aliphatic rings. The van der Waals surface area contributed by atoms with Crippen LogP contribution in [0.1, 0.15) is 18.4 Å². The Balaban J connectivity index is 1.50. The minimum atomic E-state index is -0.535. The van der Waals surface area contributed by atoms with Crippen molar-refractivity contribution in [1.29, 1.82) is 0 Å². The largest absolute Gasteiger partial charge is 0.493 e. The van der Waals surface area contributed by atoms with E-state index in [0.29, 0.717) is 12.3 Å². The maximum atomic E-state index is 10.3. The number of ether oxygens (including phenoxy) is 3. The Labute approximate surface area is 162 Å². The lowest BCUT2D eigenvalue weighted by Gasteiger charge is -2.24. The van der Waals surface area contributed by atoms with E-state index >= 15 is 0 Å². The molecule has 0 amide bonds. The Kier molecular flexibility index (Phi) is 7.95. The first-order valence-electron chi connectivity index (χ1n) is 9.90. The monoisotopic (exact) mass is 376 g/mol. The number of nitrogens with zero attached hydrogens (tertiary/aromatic N) is 2. The van der Waals surface area contributed by atoms with Crippen molar-refractivity contribution >= 4 is 0 Å². The molecule has 2 heterocycles. The zero-order chi connectivity index (χ0) is 18.9. The fraction of sp³-hybridized carbons (Fsp3) is 0.619. The van der Waals surface area contributed by atoms with Crippen molar-refractivity contribution in [2.45, 2.75) is 25.5 Å². The van der Waals surface area contributed by atoms with E-state index in [1.54, 1.807) is 7.11 Å². The highest BCUT2D eigenvalue weighted by atomic mass is 16.5. The minimum Gasteiger partial charge on any atom is -0.493 e. The summed E-state index contributed by atoms with van der Waals surface area (Å²) in [7, 11) is 1.66. The van der Waals surface area contributed by atoms with E-state index in [4.69, 9.17) is 14.2 Å². The normalized spacial score (nSPS) is 20.2. The molecule has 27 heavy (non-hydrogen) atoms. The van der Waals surface area contributed by atoms with Gasteiger partial charge in [-0.1, -0.05) is 18.2 Å². The van der Waals surface area contributed by atoms with Gasteiger partial charge in [0.05, 0.1) is 13.7 Å². The van der Waals surface area contributed by atoms with Crippen LogP contribution in [0.5, 0.6) is 11.5 Å². The lowest BCUT2D eigenvalue weighted by molar-refractivity contribution is 0.0649. The Morgan fingerprint density at radius 2 is 2.04 bits per heavy atom. The Bertz CT molecular complexity index is 600. The van der Waals surface area contributed by atoms with Gasteiger partial charge in [-0.15, -0.1) is 0 Å². The van der Waals surface area contributed by atoms with Crippen molar-refractivity contribution in [3.8, 4) is 11.5 Å². The summed E-state index contributed by atoms with van der Waals surface area (Å²) >= 11 is 0. The van der Waals surface area contributed by atoms with Crippen molar-refractivity contribution < 1.29 is 19.3 Å². The number of methoxy groups -OCH3 is 1. The van der Waals surface area contributed by atoms with Gasteiger partial charge in [0, 0.05) is 45.9 Å². The first-order chi connectivity index (χ1) is 13.2. The highest BCUT2D eigenvalue weighted by Gasteiger charge is 2.16. The fourth-order valence-electron chi connectivity index (χ4n) is 3.54. The van der Waals surface area contributed by atoms with Crippen LogP contribution in [-0.2, 0) is 11.3 Å². The molecule has 6 heteroatoms. The van der Waals surface area contributed by atoms with E-state index in [1.165, 1.54) is 5.56 Å². The van der Waals surface area contributed by atoms with Crippen LogP contribution in [0, 0.1) is 0 Å². The molecular formula is C21H32N2O4. The van der Waals surface area contributed by atoms with Crippen LogP contribution in [0.25, 0.3) is 0 Å². The number of aliphatic hydroxyl groups excluding tert-OH is 1. The second kappa shape index (κ2) is 10.7. The number of benzene rings is 1. The second-order valence-electron chi connectivity index (χ2n) is 7.21. The van der Waals surface area contributed by atoms with Gasteiger partial charge in [-0.05, 0) is 30.5 Å². The highest BCUT2D eigenvalue weighted by molar-refractivity contribution is 5.43. The second-order valence-corrected chi connectivity index (χ2v) is 7.21. The third-order valence-electron chi connectivity index (χ3n) is 4.99. The molecule has 1 saturated heterocycles. The van der Waals surface area contributed by atoms with Crippen LogP contribution in [0.4, 0.5) is 0 Å². The average Bonchev–Trinajstić information content (AvgIpc) is 2.96. The molecule has 0 aliphatic carbocycles. The standard InChI is InChI=1S/C21H32N2O4/c1-25-21-14-18(15-22-8-3-2-4-9-22)6-7-20(21)27-17-19(24)16-23-10-5-12-26-13-11-23/h2-3,6-7,14,19,24H,4-5,8-13,15-17H2,1H3. The number of hydrogen-bond acceptors (Lipinski definition) is 6. The van der Waals surface area contributed by atoms with Gasteiger partial charge in [0.1, 0.15) is 12.7 Å². The van der Waals surface area contributed by atoms with E-state index in [1.807, 2.05) is 12.1 Å². The van der Waals surface area contributed by atoms with E-state index in [9.17, 15) is 5.11 Å². The average molecular weight is 376 g/mol. The Morgan fingerprint density at radius 1 is 1.11 bits per heavy atom. The molecule has 1 N–H and O–H groups in total. The first kappa shape index (κ1) is 20.1. The maximum absolute atomic E-state index is 10.3. The summed E-state index contributed by atoms with van der Waals surface area (Å²) in [6.07, 6.45) is 6.04. The molecule has 0 saturated carbocycles. The summed E-state index contributed by atoms with van der Waals surface area (Å²) in [6, 6.07) is 6.06. The minimum absolute atomic E-state index is 0.254. The highest BCUT2D eigenvalue weighted by Crippen LogP contribution is 2.29. The van der Waals surface area contributed by atoms with Crippen LogP contribution in [0.3, 0.4) is 0 Å². The molecule has 0 spiro atoms. The van der Waals surface area contributed by atoms with E-state index in [-0.39, 0.29) is 6.61 Å². The lowest BCUT2D eigenvalue weighted by Crippen LogP contribution is -2.37.